The first-order chi connectivity index (χ1) is 8.08. The molecule has 0 saturated carbocycles. The number of hydrogen-bond acceptors (Lipinski definition) is 3. The monoisotopic (exact) mass is 238 g/mol. The Hall–Kier alpha value is -0.900. The second-order valence-corrected chi connectivity index (χ2v) is 5.25. The summed E-state index contributed by atoms with van der Waals surface area (Å²) in [5.41, 5.74) is 5.84. The van der Waals surface area contributed by atoms with Crippen LogP contribution in [0.5, 0.6) is 0 Å². The topological polar surface area (TPSA) is 56.7 Å². The summed E-state index contributed by atoms with van der Waals surface area (Å²) in [5, 5.41) is 8.46. The van der Waals surface area contributed by atoms with E-state index in [-0.39, 0.29) is 0 Å². The zero-order valence-electron chi connectivity index (χ0n) is 11.6. The lowest BCUT2D eigenvalue weighted by atomic mass is 9.94. The Morgan fingerprint density at radius 3 is 2.53 bits per heavy atom. The first kappa shape index (κ1) is 14.2. The second kappa shape index (κ2) is 6.74. The number of rotatable bonds is 7. The molecule has 0 aliphatic carbocycles. The summed E-state index contributed by atoms with van der Waals surface area (Å²) >= 11 is 0. The van der Waals surface area contributed by atoms with E-state index in [1.54, 1.807) is 0 Å². The van der Waals surface area contributed by atoms with Gasteiger partial charge in [-0.2, -0.15) is 0 Å². The Balaban J connectivity index is 2.71. The number of hydrogen-bond donors (Lipinski definition) is 1. The minimum atomic E-state index is 0.522. The van der Waals surface area contributed by atoms with Gasteiger partial charge in [0.25, 0.3) is 0 Å². The van der Waals surface area contributed by atoms with Crippen LogP contribution in [0.3, 0.4) is 0 Å². The molecule has 1 rings (SSSR count). The number of nitrogens with two attached hydrogens (primary N) is 1. The molecule has 17 heavy (non-hydrogen) atoms. The highest BCUT2D eigenvalue weighted by Gasteiger charge is 2.15. The molecule has 0 fully saturated rings. The fraction of sp³-hybridized carbons (Fsp3) is 0.846. The molecule has 0 aliphatic heterocycles. The van der Waals surface area contributed by atoms with Crippen molar-refractivity contribution in [2.45, 2.75) is 53.5 Å². The fourth-order valence-corrected chi connectivity index (χ4v) is 2.28. The van der Waals surface area contributed by atoms with E-state index in [9.17, 15) is 0 Å². The molecule has 1 aromatic heterocycles. The molecule has 98 valence electrons. The summed E-state index contributed by atoms with van der Waals surface area (Å²) in [6.45, 7) is 10.4. The Kier molecular flexibility index (Phi) is 5.62. The third-order valence-corrected chi connectivity index (χ3v) is 3.07. The summed E-state index contributed by atoms with van der Waals surface area (Å²) in [6.07, 6.45) is 3.23. The minimum Gasteiger partial charge on any atom is -0.330 e. The molecule has 0 aromatic carbocycles. The Bertz CT molecular complexity index is 330. The Morgan fingerprint density at radius 1 is 1.29 bits per heavy atom. The Morgan fingerprint density at radius 2 is 2.00 bits per heavy atom. The van der Waals surface area contributed by atoms with E-state index in [4.69, 9.17) is 5.73 Å². The highest BCUT2D eigenvalue weighted by molar-refractivity contribution is 4.95. The average Bonchev–Trinajstić information content (AvgIpc) is 2.60. The van der Waals surface area contributed by atoms with Gasteiger partial charge in [-0.25, -0.2) is 0 Å². The van der Waals surface area contributed by atoms with Crippen molar-refractivity contribution in [3.63, 3.8) is 0 Å². The summed E-state index contributed by atoms with van der Waals surface area (Å²) in [4.78, 5) is 0. The van der Waals surface area contributed by atoms with Gasteiger partial charge < -0.3 is 10.3 Å². The van der Waals surface area contributed by atoms with Gasteiger partial charge >= 0.3 is 0 Å². The van der Waals surface area contributed by atoms with E-state index in [0.29, 0.717) is 11.8 Å². The van der Waals surface area contributed by atoms with Crippen LogP contribution in [-0.4, -0.2) is 21.3 Å². The smallest absolute Gasteiger partial charge is 0.133 e. The Labute approximate surface area is 105 Å². The van der Waals surface area contributed by atoms with Gasteiger partial charge in [0.1, 0.15) is 11.6 Å². The van der Waals surface area contributed by atoms with Crippen LogP contribution in [0.1, 0.15) is 45.3 Å². The van der Waals surface area contributed by atoms with Crippen molar-refractivity contribution in [1.82, 2.24) is 14.8 Å². The number of aryl methyl sites for hydroxylation is 1. The normalized spacial score (nSPS) is 13.3. The molecular formula is C13H26N4. The molecule has 0 spiro atoms. The summed E-state index contributed by atoms with van der Waals surface area (Å²) in [5.74, 6) is 3.32. The third kappa shape index (κ3) is 4.11. The zero-order chi connectivity index (χ0) is 12.8. The van der Waals surface area contributed by atoms with Crippen LogP contribution in [0.2, 0.25) is 0 Å². The lowest BCUT2D eigenvalue weighted by Crippen LogP contribution is -2.21. The first-order valence-corrected chi connectivity index (χ1v) is 6.67. The third-order valence-electron chi connectivity index (χ3n) is 3.07. The first-order valence-electron chi connectivity index (χ1n) is 6.67. The lowest BCUT2D eigenvalue weighted by Gasteiger charge is -2.17. The maximum absolute atomic E-state index is 5.84. The SMILES string of the molecule is CCCn1c(C)nnc1CC(CN)CC(C)C. The van der Waals surface area contributed by atoms with E-state index in [1.807, 2.05) is 6.92 Å². The summed E-state index contributed by atoms with van der Waals surface area (Å²) in [6, 6.07) is 0. The predicted octanol–water partition coefficient (Wildman–Crippen LogP) is 2.16. The van der Waals surface area contributed by atoms with E-state index in [2.05, 4.69) is 35.5 Å². The predicted molar refractivity (Wildman–Crippen MR) is 70.8 cm³/mol. The average molecular weight is 238 g/mol. The standard InChI is InChI=1S/C13H26N4/c1-5-6-17-11(4)15-16-13(17)8-12(9-14)7-10(2)3/h10,12H,5-9,14H2,1-4H3. The fourth-order valence-electron chi connectivity index (χ4n) is 2.28. The molecule has 1 aromatic rings. The molecule has 0 aliphatic rings. The van der Waals surface area contributed by atoms with Gasteiger partial charge in [-0.3, -0.25) is 0 Å². The van der Waals surface area contributed by atoms with E-state index >= 15 is 0 Å². The van der Waals surface area contributed by atoms with Crippen LogP contribution in [0.4, 0.5) is 0 Å². The molecule has 4 heteroatoms. The van der Waals surface area contributed by atoms with Crippen molar-refractivity contribution in [1.29, 1.82) is 0 Å². The molecule has 0 amide bonds. The quantitative estimate of drug-likeness (QED) is 0.792. The van der Waals surface area contributed by atoms with Crippen molar-refractivity contribution in [3.05, 3.63) is 11.6 Å². The molecule has 0 radical (unpaired) electrons. The van der Waals surface area contributed by atoms with Gasteiger partial charge in [0.05, 0.1) is 0 Å². The summed E-state index contributed by atoms with van der Waals surface area (Å²) < 4.78 is 2.23. The van der Waals surface area contributed by atoms with E-state index in [0.717, 1.165) is 44.0 Å². The molecule has 0 saturated heterocycles. The molecule has 1 heterocycles. The maximum atomic E-state index is 5.84. The highest BCUT2D eigenvalue weighted by atomic mass is 15.3. The van der Waals surface area contributed by atoms with Crippen LogP contribution in [-0.2, 0) is 13.0 Å². The van der Waals surface area contributed by atoms with Crippen LogP contribution < -0.4 is 5.73 Å². The lowest BCUT2D eigenvalue weighted by molar-refractivity contribution is 0.401. The number of nitrogens with zero attached hydrogens (tertiary/aromatic N) is 3. The van der Waals surface area contributed by atoms with Crippen LogP contribution in [0.15, 0.2) is 0 Å². The second-order valence-electron chi connectivity index (χ2n) is 5.25. The maximum Gasteiger partial charge on any atom is 0.133 e. The largest absolute Gasteiger partial charge is 0.330 e. The minimum absolute atomic E-state index is 0.522. The molecule has 4 nitrogen and oxygen atoms in total. The zero-order valence-corrected chi connectivity index (χ0v) is 11.6. The van der Waals surface area contributed by atoms with Gasteiger partial charge in [-0.1, -0.05) is 20.8 Å². The van der Waals surface area contributed by atoms with E-state index in [1.165, 1.54) is 0 Å². The molecule has 2 N–H and O–H groups in total. The van der Waals surface area contributed by atoms with Gasteiger partial charge in [-0.05, 0) is 38.1 Å². The van der Waals surface area contributed by atoms with Crippen LogP contribution in [0.25, 0.3) is 0 Å². The van der Waals surface area contributed by atoms with Gasteiger partial charge in [0.2, 0.25) is 0 Å². The van der Waals surface area contributed by atoms with Crippen molar-refractivity contribution in [2.75, 3.05) is 6.54 Å². The van der Waals surface area contributed by atoms with Crippen molar-refractivity contribution in [2.24, 2.45) is 17.6 Å². The highest BCUT2D eigenvalue weighted by Crippen LogP contribution is 2.16. The molecular weight excluding hydrogens is 212 g/mol. The van der Waals surface area contributed by atoms with Gasteiger partial charge in [0.15, 0.2) is 0 Å². The van der Waals surface area contributed by atoms with Crippen molar-refractivity contribution < 1.29 is 0 Å². The molecule has 1 atom stereocenters. The van der Waals surface area contributed by atoms with E-state index < -0.39 is 0 Å². The summed E-state index contributed by atoms with van der Waals surface area (Å²) in [7, 11) is 0. The van der Waals surface area contributed by atoms with Crippen molar-refractivity contribution in [3.8, 4) is 0 Å². The molecule has 1 unspecified atom stereocenters. The number of aromatic nitrogens is 3. The van der Waals surface area contributed by atoms with Gasteiger partial charge in [-0.15, -0.1) is 10.2 Å². The van der Waals surface area contributed by atoms with Crippen molar-refractivity contribution >= 4 is 0 Å². The molecule has 0 bridgehead atoms. The van der Waals surface area contributed by atoms with Crippen LogP contribution >= 0.6 is 0 Å². The van der Waals surface area contributed by atoms with Crippen LogP contribution in [0, 0.1) is 18.8 Å². The van der Waals surface area contributed by atoms with Gasteiger partial charge in [0, 0.05) is 13.0 Å².